The van der Waals surface area contributed by atoms with Crippen LogP contribution in [0.25, 0.3) is 0 Å². The Bertz CT molecular complexity index is 60.0. The zero-order chi connectivity index (χ0) is 6.57. The molecule has 0 amide bonds. The second-order valence-corrected chi connectivity index (χ2v) is 1.48. The molecule has 0 aromatic heterocycles. The summed E-state index contributed by atoms with van der Waals surface area (Å²) in [6.45, 7) is 0.103. The first kappa shape index (κ1) is 7.78. The van der Waals surface area contributed by atoms with E-state index in [0.717, 1.165) is 0 Å². The molecule has 0 spiro atoms. The minimum absolute atomic E-state index is 0.0301. The van der Waals surface area contributed by atoms with Crippen molar-refractivity contribution in [3.8, 4) is 0 Å². The van der Waals surface area contributed by atoms with Gasteiger partial charge in [0.05, 0.1) is 0 Å². The van der Waals surface area contributed by atoms with Crippen molar-refractivity contribution in [2.75, 3.05) is 6.54 Å². The monoisotopic (exact) mass is 125 g/mol. The summed E-state index contributed by atoms with van der Waals surface area (Å²) in [4.78, 5) is 0. The molecule has 0 saturated heterocycles. The van der Waals surface area contributed by atoms with E-state index in [4.69, 9.17) is 10.8 Å². The summed E-state index contributed by atoms with van der Waals surface area (Å²) < 4.78 is 22.6. The first-order valence-electron chi connectivity index (χ1n) is 2.34. The van der Waals surface area contributed by atoms with Gasteiger partial charge in [-0.15, -0.1) is 0 Å². The molecule has 0 heterocycles. The summed E-state index contributed by atoms with van der Waals surface area (Å²) in [5.74, 6) is 0. The van der Waals surface area contributed by atoms with Crippen molar-refractivity contribution in [2.45, 2.75) is 19.0 Å². The molecule has 0 aliphatic carbocycles. The highest BCUT2D eigenvalue weighted by Crippen LogP contribution is 2.02. The lowest BCUT2D eigenvalue weighted by Gasteiger charge is -2.04. The highest BCUT2D eigenvalue weighted by atomic mass is 19.3. The van der Waals surface area contributed by atoms with Gasteiger partial charge in [0.1, 0.15) is 6.10 Å². The van der Waals surface area contributed by atoms with Crippen LogP contribution in [0, 0.1) is 0 Å². The Balaban J connectivity index is 3.17. The van der Waals surface area contributed by atoms with Gasteiger partial charge in [0.2, 0.25) is 0 Å². The molecule has 50 valence electrons. The molecule has 0 radical (unpaired) electrons. The Morgan fingerprint density at radius 3 is 2.12 bits per heavy atom. The highest BCUT2D eigenvalue weighted by Gasteiger charge is 2.14. The Hall–Kier alpha value is -0.220. The van der Waals surface area contributed by atoms with Crippen molar-refractivity contribution in [3.05, 3.63) is 0 Å². The molecular weight excluding hydrogens is 116 g/mol. The molecule has 1 atom stereocenters. The second-order valence-electron chi connectivity index (χ2n) is 1.48. The van der Waals surface area contributed by atoms with Crippen molar-refractivity contribution in [3.63, 3.8) is 0 Å². The number of alkyl halides is 2. The predicted molar refractivity (Wildman–Crippen MR) is 25.7 cm³/mol. The van der Waals surface area contributed by atoms with Gasteiger partial charge < -0.3 is 10.8 Å². The maximum atomic E-state index is 11.3. The van der Waals surface area contributed by atoms with Crippen molar-refractivity contribution >= 4 is 0 Å². The van der Waals surface area contributed by atoms with E-state index in [1.165, 1.54) is 0 Å². The van der Waals surface area contributed by atoms with Crippen LogP contribution in [0.3, 0.4) is 0 Å². The van der Waals surface area contributed by atoms with Gasteiger partial charge in [0.25, 0.3) is 6.43 Å². The number of aliphatic hydroxyl groups excluding tert-OH is 1. The van der Waals surface area contributed by atoms with Gasteiger partial charge in [-0.2, -0.15) is 0 Å². The zero-order valence-corrected chi connectivity index (χ0v) is 4.35. The standard InChI is InChI=1S/C4H9F2NO/c5-4(6)3(8)1-2-7/h3-4,8H,1-2,7H2/t3-/m1/s1. The number of rotatable bonds is 3. The third kappa shape index (κ3) is 2.87. The Morgan fingerprint density at radius 2 is 2.00 bits per heavy atom. The Morgan fingerprint density at radius 1 is 1.50 bits per heavy atom. The Kier molecular flexibility index (Phi) is 3.64. The van der Waals surface area contributed by atoms with Gasteiger partial charge in [-0.1, -0.05) is 0 Å². The van der Waals surface area contributed by atoms with Gasteiger partial charge in [0.15, 0.2) is 0 Å². The van der Waals surface area contributed by atoms with E-state index in [9.17, 15) is 8.78 Å². The Labute approximate surface area is 46.3 Å². The maximum absolute atomic E-state index is 11.3. The first-order valence-corrected chi connectivity index (χ1v) is 2.34. The summed E-state index contributed by atoms with van der Waals surface area (Å²) in [6, 6.07) is 0. The first-order chi connectivity index (χ1) is 3.68. The molecule has 3 N–H and O–H groups in total. The maximum Gasteiger partial charge on any atom is 0.264 e. The summed E-state index contributed by atoms with van der Waals surface area (Å²) in [6.07, 6.45) is -4.23. The van der Waals surface area contributed by atoms with Gasteiger partial charge in [-0.3, -0.25) is 0 Å². The second kappa shape index (κ2) is 3.74. The lowest BCUT2D eigenvalue weighted by molar-refractivity contribution is -0.00727. The fourth-order valence-corrected chi connectivity index (χ4v) is 0.297. The topological polar surface area (TPSA) is 46.2 Å². The van der Waals surface area contributed by atoms with Crippen molar-refractivity contribution < 1.29 is 13.9 Å². The van der Waals surface area contributed by atoms with E-state index < -0.39 is 12.5 Å². The molecule has 8 heavy (non-hydrogen) atoms. The number of hydrogen-bond donors (Lipinski definition) is 2. The molecular formula is C4H9F2NO. The summed E-state index contributed by atoms with van der Waals surface area (Å²) in [5.41, 5.74) is 4.87. The molecule has 0 aliphatic heterocycles. The van der Waals surface area contributed by atoms with Crippen LogP contribution in [0.5, 0.6) is 0 Å². The quantitative estimate of drug-likeness (QED) is 0.556. The fraction of sp³-hybridized carbons (Fsp3) is 1.00. The smallest absolute Gasteiger partial charge is 0.264 e. The van der Waals surface area contributed by atoms with E-state index in [-0.39, 0.29) is 13.0 Å². The largest absolute Gasteiger partial charge is 0.387 e. The van der Waals surface area contributed by atoms with Crippen LogP contribution in [-0.2, 0) is 0 Å². The molecule has 0 rings (SSSR count). The van der Waals surface area contributed by atoms with E-state index in [0.29, 0.717) is 0 Å². The SMILES string of the molecule is NCC[C@@H](O)C(F)F. The van der Waals surface area contributed by atoms with Crippen molar-refractivity contribution in [2.24, 2.45) is 5.73 Å². The molecule has 2 nitrogen and oxygen atoms in total. The van der Waals surface area contributed by atoms with Gasteiger partial charge in [0, 0.05) is 0 Å². The molecule has 0 unspecified atom stereocenters. The van der Waals surface area contributed by atoms with Crippen LogP contribution in [-0.4, -0.2) is 24.2 Å². The minimum Gasteiger partial charge on any atom is -0.387 e. The van der Waals surface area contributed by atoms with Crippen LogP contribution in [0.2, 0.25) is 0 Å². The van der Waals surface area contributed by atoms with Crippen molar-refractivity contribution in [1.82, 2.24) is 0 Å². The normalized spacial score (nSPS) is 14.6. The van der Waals surface area contributed by atoms with Gasteiger partial charge in [-0.05, 0) is 13.0 Å². The molecule has 0 aromatic rings. The molecule has 0 aromatic carbocycles. The van der Waals surface area contributed by atoms with Crippen LogP contribution < -0.4 is 5.73 Å². The van der Waals surface area contributed by atoms with E-state index in [1.54, 1.807) is 0 Å². The van der Waals surface area contributed by atoms with E-state index in [1.807, 2.05) is 0 Å². The summed E-state index contributed by atoms with van der Waals surface area (Å²) >= 11 is 0. The number of aliphatic hydroxyl groups is 1. The minimum atomic E-state index is -2.65. The van der Waals surface area contributed by atoms with Crippen LogP contribution >= 0.6 is 0 Å². The van der Waals surface area contributed by atoms with E-state index in [2.05, 4.69) is 0 Å². The summed E-state index contributed by atoms with van der Waals surface area (Å²) in [7, 11) is 0. The average Bonchev–Trinajstić information content (AvgIpc) is 1.67. The molecule has 0 bridgehead atoms. The number of nitrogens with two attached hydrogens (primary N) is 1. The lowest BCUT2D eigenvalue weighted by Crippen LogP contribution is -2.20. The molecule has 0 fully saturated rings. The zero-order valence-electron chi connectivity index (χ0n) is 4.35. The molecule has 0 aliphatic rings. The van der Waals surface area contributed by atoms with Gasteiger partial charge >= 0.3 is 0 Å². The van der Waals surface area contributed by atoms with Gasteiger partial charge in [-0.25, -0.2) is 8.78 Å². The molecule has 4 heteroatoms. The average molecular weight is 125 g/mol. The van der Waals surface area contributed by atoms with Crippen LogP contribution in [0.15, 0.2) is 0 Å². The highest BCUT2D eigenvalue weighted by molar-refractivity contribution is 4.56. The predicted octanol–water partition coefficient (Wildman–Crippen LogP) is -0.0388. The number of halogens is 2. The van der Waals surface area contributed by atoms with Crippen LogP contribution in [0.4, 0.5) is 8.78 Å². The third-order valence-electron chi connectivity index (χ3n) is 0.753. The van der Waals surface area contributed by atoms with Crippen LogP contribution in [0.1, 0.15) is 6.42 Å². The summed E-state index contributed by atoms with van der Waals surface area (Å²) in [5, 5.41) is 8.30. The third-order valence-corrected chi connectivity index (χ3v) is 0.753. The van der Waals surface area contributed by atoms with E-state index >= 15 is 0 Å². The fourth-order valence-electron chi connectivity index (χ4n) is 0.297. The number of hydrogen-bond acceptors (Lipinski definition) is 2. The molecule has 0 saturated carbocycles. The lowest BCUT2D eigenvalue weighted by atomic mass is 10.3. The van der Waals surface area contributed by atoms with Crippen molar-refractivity contribution in [1.29, 1.82) is 0 Å².